The molecule has 0 unspecified atom stereocenters. The Balaban J connectivity index is 1.43. The number of hydrogen-bond acceptors (Lipinski definition) is 7. The van der Waals surface area contributed by atoms with Gasteiger partial charge in [-0.25, -0.2) is 4.79 Å². The number of fused-ring (bicyclic) bond motifs is 9. The molecule has 8 bridgehead atoms. The predicted octanol–water partition coefficient (Wildman–Crippen LogP) is 6.77. The summed E-state index contributed by atoms with van der Waals surface area (Å²) in [6.07, 6.45) is 12.2. The van der Waals surface area contributed by atoms with E-state index in [2.05, 4.69) is 43.9 Å². The van der Waals surface area contributed by atoms with Crippen molar-refractivity contribution < 1.29 is 28.5 Å². The van der Waals surface area contributed by atoms with Gasteiger partial charge in [0.15, 0.2) is 6.29 Å². The number of carbonyl (C=O) groups is 1. The minimum Gasteiger partial charge on any atom is -0.458 e. The van der Waals surface area contributed by atoms with Crippen molar-refractivity contribution in [1.82, 2.24) is 0 Å². The van der Waals surface area contributed by atoms with E-state index in [-0.39, 0.29) is 54.4 Å². The maximum Gasteiger partial charge on any atom is 0.330 e. The van der Waals surface area contributed by atoms with Crippen LogP contribution < -0.4 is 0 Å². The Kier molecular flexibility index (Phi) is 10.1. The Morgan fingerprint density at radius 1 is 1.02 bits per heavy atom. The molecule has 0 amide bonds. The normalized spacial score (nSPS) is 37.9. The molecule has 0 spiro atoms. The van der Waals surface area contributed by atoms with E-state index in [4.69, 9.17) is 23.7 Å². The Bertz CT molecular complexity index is 1260. The summed E-state index contributed by atoms with van der Waals surface area (Å²) in [7, 11) is 0. The lowest BCUT2D eigenvalue weighted by Crippen LogP contribution is -2.50. The number of allylic oxidation sites excluding steroid dienone is 1. The van der Waals surface area contributed by atoms with Crippen LogP contribution in [0.2, 0.25) is 0 Å². The second-order valence-electron chi connectivity index (χ2n) is 12.2. The molecule has 1 aromatic carbocycles. The average Bonchev–Trinajstić information content (AvgIpc) is 2.96. The predicted molar refractivity (Wildman–Crippen MR) is 160 cm³/mol. The Labute approximate surface area is 249 Å². The minimum atomic E-state index is -0.417. The molecular weight excluding hydrogens is 530 g/mol. The van der Waals surface area contributed by atoms with Crippen molar-refractivity contribution in [3.8, 4) is 6.07 Å². The van der Waals surface area contributed by atoms with Crippen LogP contribution >= 0.6 is 0 Å². The molecule has 4 aliphatic rings. The summed E-state index contributed by atoms with van der Waals surface area (Å²) in [6, 6.07) is 10.4. The van der Waals surface area contributed by atoms with Gasteiger partial charge in [-0.15, -0.1) is 0 Å². The first-order valence-electron chi connectivity index (χ1n) is 15.2. The number of esters is 1. The van der Waals surface area contributed by atoms with Crippen molar-refractivity contribution in [2.75, 3.05) is 6.61 Å². The molecular formula is C35H43NO6. The maximum atomic E-state index is 13.0. The molecule has 0 radical (unpaired) electrons. The standard InChI is InChI=1S/C35H43NO6/c1-22-18-28-11-7-13-32(37)42-34-24(3)31(41-33(25(34)4)23(2)14-16-36)12-6-9-26-8-5-10-27(20-26)35-38-17-15-29(40-35)21-30(19-22)39-28/h5-10,13-14,20,24-25,28-31,33-35H,1,11-12,15,17-19,21H2,2-4H3/b9-6+,13-7+,23-14+/t24-,25-,28-,29-,30+,31+,33-,34-,35-/m0/s1. The summed E-state index contributed by atoms with van der Waals surface area (Å²) >= 11 is 0. The summed E-state index contributed by atoms with van der Waals surface area (Å²) in [5.74, 6) is -0.517. The number of nitrogens with zero attached hydrogens (tertiary/aromatic N) is 1. The van der Waals surface area contributed by atoms with Gasteiger partial charge in [0.1, 0.15) is 6.10 Å². The molecule has 42 heavy (non-hydrogen) atoms. The van der Waals surface area contributed by atoms with Crippen LogP contribution in [0.4, 0.5) is 0 Å². The van der Waals surface area contributed by atoms with Gasteiger partial charge in [0, 0.05) is 36.0 Å². The van der Waals surface area contributed by atoms with Crippen molar-refractivity contribution in [3.63, 3.8) is 0 Å². The topological polar surface area (TPSA) is 87.0 Å². The van der Waals surface area contributed by atoms with Gasteiger partial charge in [-0.2, -0.15) is 5.26 Å². The fraction of sp³-hybridized carbons (Fsp3) is 0.543. The molecule has 7 heteroatoms. The van der Waals surface area contributed by atoms with Crippen molar-refractivity contribution in [3.05, 3.63) is 77.4 Å². The number of ether oxygens (including phenoxy) is 5. The van der Waals surface area contributed by atoms with Crippen LogP contribution in [0.15, 0.2) is 66.3 Å². The molecule has 7 nitrogen and oxygen atoms in total. The maximum absolute atomic E-state index is 13.0. The average molecular weight is 574 g/mol. The molecule has 9 atom stereocenters. The van der Waals surface area contributed by atoms with Crippen LogP contribution in [0.3, 0.4) is 0 Å². The van der Waals surface area contributed by atoms with Gasteiger partial charge < -0.3 is 23.7 Å². The third kappa shape index (κ3) is 7.48. The van der Waals surface area contributed by atoms with E-state index in [0.29, 0.717) is 19.4 Å². The zero-order chi connectivity index (χ0) is 29.6. The number of benzene rings is 1. The number of rotatable bonds is 1. The highest BCUT2D eigenvalue weighted by molar-refractivity contribution is 5.82. The molecule has 3 saturated heterocycles. The van der Waals surface area contributed by atoms with E-state index in [1.165, 1.54) is 12.2 Å². The van der Waals surface area contributed by atoms with Gasteiger partial charge in [0.2, 0.25) is 0 Å². The zero-order valence-electron chi connectivity index (χ0n) is 24.9. The van der Waals surface area contributed by atoms with Crippen molar-refractivity contribution in [2.24, 2.45) is 11.8 Å². The molecule has 1 aromatic rings. The van der Waals surface area contributed by atoms with E-state index in [0.717, 1.165) is 48.0 Å². The third-order valence-electron chi connectivity index (χ3n) is 8.90. The molecule has 4 aliphatic heterocycles. The van der Waals surface area contributed by atoms with E-state index in [9.17, 15) is 10.1 Å². The summed E-state index contributed by atoms with van der Waals surface area (Å²) in [4.78, 5) is 13.0. The SMILES string of the molecule is C=C1C[C@@H]2C[C@@H]3CCO[C@@H](O3)c3cccc(c3)/C=C/C[C@H]3O[C@@H](/C(C)=C/C#N)[C@H](C)[C@@H](OC(=O)/C=C/C[C@@H](C1)O2)[C@H]3C. The molecule has 0 N–H and O–H groups in total. The fourth-order valence-electron chi connectivity index (χ4n) is 6.73. The van der Waals surface area contributed by atoms with E-state index >= 15 is 0 Å². The first-order chi connectivity index (χ1) is 20.3. The Morgan fingerprint density at radius 3 is 2.67 bits per heavy atom. The van der Waals surface area contributed by atoms with Gasteiger partial charge in [-0.05, 0) is 56.2 Å². The van der Waals surface area contributed by atoms with Crippen LogP contribution in [0.1, 0.15) is 76.7 Å². The molecule has 5 rings (SSSR count). The molecule has 0 aliphatic carbocycles. The van der Waals surface area contributed by atoms with Crippen LogP contribution in [0.5, 0.6) is 0 Å². The monoisotopic (exact) mass is 573 g/mol. The number of hydrogen-bond donors (Lipinski definition) is 0. The lowest BCUT2D eigenvalue weighted by Gasteiger charge is -2.44. The molecule has 0 saturated carbocycles. The van der Waals surface area contributed by atoms with Gasteiger partial charge in [0.05, 0.1) is 43.2 Å². The van der Waals surface area contributed by atoms with Gasteiger partial charge >= 0.3 is 5.97 Å². The van der Waals surface area contributed by atoms with Crippen molar-refractivity contribution >= 4 is 12.0 Å². The van der Waals surface area contributed by atoms with Crippen LogP contribution in [0.25, 0.3) is 6.08 Å². The second kappa shape index (κ2) is 14.0. The first kappa shape index (κ1) is 30.4. The van der Waals surface area contributed by atoms with Crippen molar-refractivity contribution in [2.45, 2.75) is 102 Å². The van der Waals surface area contributed by atoms with Crippen LogP contribution in [-0.4, -0.2) is 49.2 Å². The Morgan fingerprint density at radius 2 is 1.83 bits per heavy atom. The molecule has 0 aromatic heterocycles. The Hall–Kier alpha value is -3.02. The molecule has 224 valence electrons. The fourth-order valence-corrected chi connectivity index (χ4v) is 6.73. The third-order valence-corrected chi connectivity index (χ3v) is 8.90. The number of carbonyl (C=O) groups excluding carboxylic acids is 1. The van der Waals surface area contributed by atoms with Gasteiger partial charge in [-0.3, -0.25) is 0 Å². The minimum absolute atomic E-state index is 0.0197. The lowest BCUT2D eigenvalue weighted by molar-refractivity contribution is -0.225. The first-order valence-corrected chi connectivity index (χ1v) is 15.2. The van der Waals surface area contributed by atoms with Crippen LogP contribution in [-0.2, 0) is 28.5 Å². The largest absolute Gasteiger partial charge is 0.458 e. The van der Waals surface area contributed by atoms with Crippen molar-refractivity contribution in [1.29, 1.82) is 5.26 Å². The van der Waals surface area contributed by atoms with E-state index < -0.39 is 6.29 Å². The highest BCUT2D eigenvalue weighted by Crippen LogP contribution is 2.38. The summed E-state index contributed by atoms with van der Waals surface area (Å²) in [5.41, 5.74) is 4.03. The van der Waals surface area contributed by atoms with Crippen LogP contribution in [0, 0.1) is 23.2 Å². The summed E-state index contributed by atoms with van der Waals surface area (Å²) < 4.78 is 31.5. The van der Waals surface area contributed by atoms with Gasteiger partial charge in [-0.1, -0.05) is 62.4 Å². The zero-order valence-corrected chi connectivity index (χ0v) is 24.9. The summed E-state index contributed by atoms with van der Waals surface area (Å²) in [5, 5.41) is 9.29. The van der Waals surface area contributed by atoms with E-state index in [1.54, 1.807) is 0 Å². The molecule has 3 fully saturated rings. The quantitative estimate of drug-likeness (QED) is 0.208. The second-order valence-corrected chi connectivity index (χ2v) is 12.2. The lowest BCUT2D eigenvalue weighted by atomic mass is 9.79. The van der Waals surface area contributed by atoms with Gasteiger partial charge in [0.25, 0.3) is 0 Å². The smallest absolute Gasteiger partial charge is 0.330 e. The number of nitriles is 1. The van der Waals surface area contributed by atoms with E-state index in [1.807, 2.05) is 32.1 Å². The highest BCUT2D eigenvalue weighted by atomic mass is 16.7. The highest BCUT2D eigenvalue weighted by Gasteiger charge is 2.43. The summed E-state index contributed by atoms with van der Waals surface area (Å²) in [6.45, 7) is 10.9. The molecule has 4 heterocycles.